The molecule has 3 rings (SSSR count). The first-order valence-corrected chi connectivity index (χ1v) is 11.9. The molecular formula is C27H30F3NO6. The fourth-order valence-electron chi connectivity index (χ4n) is 4.66. The van der Waals surface area contributed by atoms with Gasteiger partial charge in [0.1, 0.15) is 12.1 Å². The number of carbonyl (C=O) groups is 3. The number of rotatable bonds is 9. The molecule has 7 nitrogen and oxygen atoms in total. The predicted molar refractivity (Wildman–Crippen MR) is 127 cm³/mol. The summed E-state index contributed by atoms with van der Waals surface area (Å²) in [4.78, 5) is 40.5. The minimum absolute atomic E-state index is 0.0286. The molecular weight excluding hydrogens is 491 g/mol. The lowest BCUT2D eigenvalue weighted by Gasteiger charge is -2.37. The van der Waals surface area contributed by atoms with E-state index < -0.39 is 53.6 Å². The van der Waals surface area contributed by atoms with E-state index in [1.165, 1.54) is 24.0 Å². The Kier molecular flexibility index (Phi) is 8.96. The number of ketones is 1. The van der Waals surface area contributed by atoms with Crippen LogP contribution in [0, 0.1) is 5.92 Å². The summed E-state index contributed by atoms with van der Waals surface area (Å²) in [6, 6.07) is 13.4. The summed E-state index contributed by atoms with van der Waals surface area (Å²) in [7, 11) is 1.14. The highest BCUT2D eigenvalue weighted by atomic mass is 19.4. The van der Waals surface area contributed by atoms with Gasteiger partial charge in [0.15, 0.2) is 5.78 Å². The fraction of sp³-hybridized carbons (Fsp3) is 0.444. The highest BCUT2D eigenvalue weighted by Gasteiger charge is 2.51. The van der Waals surface area contributed by atoms with Gasteiger partial charge in [0, 0.05) is 19.4 Å². The lowest BCUT2D eigenvalue weighted by molar-refractivity contribution is -0.152. The Labute approximate surface area is 213 Å². The number of hydrogen-bond donors (Lipinski definition) is 1. The van der Waals surface area contributed by atoms with Crippen LogP contribution in [0.4, 0.5) is 18.0 Å². The fourth-order valence-corrected chi connectivity index (χ4v) is 4.66. The van der Waals surface area contributed by atoms with E-state index >= 15 is 0 Å². The van der Waals surface area contributed by atoms with Gasteiger partial charge in [-0.1, -0.05) is 42.5 Å². The molecule has 1 saturated heterocycles. The quantitative estimate of drug-likeness (QED) is 0.487. The summed E-state index contributed by atoms with van der Waals surface area (Å²) in [6.45, 7) is 1.52. The standard InChI is InChI=1S/C27H30F3NO6/c1-18(32)22(24(34)36-2)15-23(33)26(16-19-9-11-21(12-10-19)27(28,29)30)13-6-14-31(26)25(35)37-17-20-7-4-3-5-8-20/h3-5,7-12,18,22,32H,6,13-17H2,1-2H3/t18-,22?,26+/m0/s1. The second-order valence-electron chi connectivity index (χ2n) is 9.20. The molecule has 1 aliphatic rings. The lowest BCUT2D eigenvalue weighted by atomic mass is 9.79. The van der Waals surface area contributed by atoms with Crippen LogP contribution in [0.2, 0.25) is 0 Å². The number of aliphatic hydroxyl groups is 1. The second-order valence-corrected chi connectivity index (χ2v) is 9.20. The Morgan fingerprint density at radius 2 is 1.70 bits per heavy atom. The molecule has 10 heteroatoms. The number of carbonyl (C=O) groups excluding carboxylic acids is 3. The largest absolute Gasteiger partial charge is 0.469 e. The van der Waals surface area contributed by atoms with Crippen molar-refractivity contribution in [3.8, 4) is 0 Å². The van der Waals surface area contributed by atoms with Gasteiger partial charge in [0.25, 0.3) is 0 Å². The zero-order valence-electron chi connectivity index (χ0n) is 20.7. The van der Waals surface area contributed by atoms with Crippen molar-refractivity contribution in [2.45, 2.75) is 57.0 Å². The average molecular weight is 522 g/mol. The van der Waals surface area contributed by atoms with Gasteiger partial charge < -0.3 is 14.6 Å². The van der Waals surface area contributed by atoms with Crippen LogP contribution < -0.4 is 0 Å². The third kappa shape index (κ3) is 6.68. The highest BCUT2D eigenvalue weighted by Crippen LogP contribution is 2.37. The zero-order chi connectivity index (χ0) is 27.2. The predicted octanol–water partition coefficient (Wildman–Crippen LogP) is 4.55. The number of esters is 1. The zero-order valence-corrected chi connectivity index (χ0v) is 20.7. The maximum atomic E-state index is 13.8. The van der Waals surface area contributed by atoms with Crippen molar-refractivity contribution in [3.63, 3.8) is 0 Å². The molecule has 0 saturated carbocycles. The lowest BCUT2D eigenvalue weighted by Crippen LogP contribution is -2.55. The molecule has 0 radical (unpaired) electrons. The number of Topliss-reactive ketones (excluding diaryl/α,β-unsaturated/α-hetero) is 1. The van der Waals surface area contributed by atoms with Crippen molar-refractivity contribution in [1.82, 2.24) is 4.90 Å². The Morgan fingerprint density at radius 3 is 2.27 bits per heavy atom. The van der Waals surface area contributed by atoms with E-state index in [0.29, 0.717) is 12.0 Å². The Morgan fingerprint density at radius 1 is 1.05 bits per heavy atom. The van der Waals surface area contributed by atoms with E-state index in [1.807, 2.05) is 6.07 Å². The number of amides is 1. The number of hydrogen-bond acceptors (Lipinski definition) is 6. The van der Waals surface area contributed by atoms with Gasteiger partial charge in [-0.05, 0) is 43.0 Å². The monoisotopic (exact) mass is 521 g/mol. The van der Waals surface area contributed by atoms with Crippen LogP contribution >= 0.6 is 0 Å². The molecule has 1 fully saturated rings. The maximum absolute atomic E-state index is 13.8. The molecule has 200 valence electrons. The van der Waals surface area contributed by atoms with E-state index in [1.54, 1.807) is 24.3 Å². The molecule has 2 aromatic rings. The first-order chi connectivity index (χ1) is 17.5. The third-order valence-electron chi connectivity index (χ3n) is 6.70. The summed E-state index contributed by atoms with van der Waals surface area (Å²) in [6.07, 6.45) is -6.26. The van der Waals surface area contributed by atoms with Crippen LogP contribution in [0.1, 0.15) is 42.9 Å². The van der Waals surface area contributed by atoms with Crippen molar-refractivity contribution in [2.75, 3.05) is 13.7 Å². The number of nitrogens with zero attached hydrogens (tertiary/aromatic N) is 1. The van der Waals surface area contributed by atoms with Crippen LogP contribution in [0.15, 0.2) is 54.6 Å². The molecule has 1 amide bonds. The van der Waals surface area contributed by atoms with Crippen molar-refractivity contribution in [3.05, 3.63) is 71.3 Å². The Hall–Kier alpha value is -3.40. The topological polar surface area (TPSA) is 93.1 Å². The molecule has 1 heterocycles. The van der Waals surface area contributed by atoms with Crippen LogP contribution in [0.3, 0.4) is 0 Å². The maximum Gasteiger partial charge on any atom is 0.416 e. The number of halogens is 3. The highest BCUT2D eigenvalue weighted by molar-refractivity contribution is 5.95. The minimum Gasteiger partial charge on any atom is -0.469 e. The Bertz CT molecular complexity index is 1090. The summed E-state index contributed by atoms with van der Waals surface area (Å²) < 4.78 is 49.4. The first kappa shape index (κ1) is 28.2. The molecule has 0 aromatic heterocycles. The summed E-state index contributed by atoms with van der Waals surface area (Å²) in [5.41, 5.74) is -1.14. The number of alkyl halides is 3. The smallest absolute Gasteiger partial charge is 0.416 e. The summed E-state index contributed by atoms with van der Waals surface area (Å²) in [5, 5.41) is 10.1. The van der Waals surface area contributed by atoms with Crippen molar-refractivity contribution >= 4 is 17.8 Å². The molecule has 2 aromatic carbocycles. The van der Waals surface area contributed by atoms with Gasteiger partial charge in [0.05, 0.1) is 24.7 Å². The number of methoxy groups -OCH3 is 1. The van der Waals surface area contributed by atoms with Crippen molar-refractivity contribution in [2.24, 2.45) is 5.92 Å². The van der Waals surface area contributed by atoms with E-state index in [4.69, 9.17) is 9.47 Å². The van der Waals surface area contributed by atoms with Gasteiger partial charge in [0.2, 0.25) is 0 Å². The molecule has 0 aliphatic carbocycles. The summed E-state index contributed by atoms with van der Waals surface area (Å²) >= 11 is 0. The van der Waals surface area contributed by atoms with E-state index in [2.05, 4.69) is 0 Å². The van der Waals surface area contributed by atoms with E-state index in [9.17, 15) is 32.7 Å². The summed E-state index contributed by atoms with van der Waals surface area (Å²) in [5.74, 6) is -2.44. The molecule has 3 atom stereocenters. The van der Waals surface area contributed by atoms with Gasteiger partial charge in [-0.3, -0.25) is 14.5 Å². The van der Waals surface area contributed by atoms with Crippen molar-refractivity contribution in [1.29, 1.82) is 0 Å². The SMILES string of the molecule is COC(=O)C(CC(=O)[C@]1(Cc2ccc(C(F)(F)F)cc2)CCCN1C(=O)OCc1ccccc1)[C@H](C)O. The third-order valence-corrected chi connectivity index (χ3v) is 6.70. The average Bonchev–Trinajstić information content (AvgIpc) is 3.30. The van der Waals surface area contributed by atoms with Crippen LogP contribution in [0.25, 0.3) is 0 Å². The van der Waals surface area contributed by atoms with E-state index in [0.717, 1.165) is 24.8 Å². The normalized spacial score (nSPS) is 19.2. The number of likely N-dealkylation sites (tertiary alicyclic amines) is 1. The molecule has 1 aliphatic heterocycles. The van der Waals surface area contributed by atoms with Crippen LogP contribution in [-0.2, 0) is 38.3 Å². The molecule has 0 bridgehead atoms. The molecule has 1 unspecified atom stereocenters. The number of ether oxygens (including phenoxy) is 2. The molecule has 0 spiro atoms. The van der Waals surface area contributed by atoms with Gasteiger partial charge in [-0.15, -0.1) is 0 Å². The van der Waals surface area contributed by atoms with E-state index in [-0.39, 0.29) is 26.0 Å². The van der Waals surface area contributed by atoms with Crippen LogP contribution in [0.5, 0.6) is 0 Å². The number of benzene rings is 2. The van der Waals surface area contributed by atoms with Crippen LogP contribution in [-0.4, -0.2) is 53.1 Å². The molecule has 1 N–H and O–H groups in total. The second kappa shape index (κ2) is 11.8. The minimum atomic E-state index is -4.52. The van der Waals surface area contributed by atoms with Gasteiger partial charge >= 0.3 is 18.2 Å². The van der Waals surface area contributed by atoms with Gasteiger partial charge in [-0.2, -0.15) is 13.2 Å². The Balaban J connectivity index is 1.92. The molecule has 37 heavy (non-hydrogen) atoms. The van der Waals surface area contributed by atoms with Crippen molar-refractivity contribution < 1.29 is 42.1 Å². The number of aliphatic hydroxyl groups excluding tert-OH is 1. The first-order valence-electron chi connectivity index (χ1n) is 11.9. The van der Waals surface area contributed by atoms with Gasteiger partial charge in [-0.25, -0.2) is 4.79 Å².